The molecular formula is C18H26ClN3. The van der Waals surface area contributed by atoms with E-state index in [0.29, 0.717) is 6.04 Å². The summed E-state index contributed by atoms with van der Waals surface area (Å²) in [4.78, 5) is 5.62. The molecule has 1 atom stereocenters. The van der Waals surface area contributed by atoms with Gasteiger partial charge in [0.15, 0.2) is 0 Å². The number of H-pyrrole nitrogens is 1. The summed E-state index contributed by atoms with van der Waals surface area (Å²) in [6.45, 7) is 1.08. The van der Waals surface area contributed by atoms with E-state index >= 15 is 0 Å². The monoisotopic (exact) mass is 319 g/mol. The van der Waals surface area contributed by atoms with Crippen LogP contribution in [0.15, 0.2) is 30.5 Å². The molecule has 120 valence electrons. The highest BCUT2D eigenvalue weighted by Gasteiger charge is 2.13. The first kappa shape index (κ1) is 17.1. The third kappa shape index (κ3) is 3.72. The van der Waals surface area contributed by atoms with Crippen molar-refractivity contribution in [1.29, 1.82) is 0 Å². The van der Waals surface area contributed by atoms with E-state index in [-0.39, 0.29) is 12.4 Å². The van der Waals surface area contributed by atoms with Gasteiger partial charge in [0.1, 0.15) is 0 Å². The first-order chi connectivity index (χ1) is 10.1. The van der Waals surface area contributed by atoms with Gasteiger partial charge in [-0.25, -0.2) is 0 Å². The number of aromatic amines is 1. The first-order valence-corrected chi connectivity index (χ1v) is 7.83. The lowest BCUT2D eigenvalue weighted by molar-refractivity contribution is 0.414. The zero-order valence-electron chi connectivity index (χ0n) is 13.4. The van der Waals surface area contributed by atoms with Crippen molar-refractivity contribution in [2.75, 3.05) is 20.6 Å². The van der Waals surface area contributed by atoms with Crippen molar-refractivity contribution >= 4 is 28.9 Å². The summed E-state index contributed by atoms with van der Waals surface area (Å²) < 4.78 is 0. The van der Waals surface area contributed by atoms with Crippen LogP contribution >= 0.6 is 12.4 Å². The summed E-state index contributed by atoms with van der Waals surface area (Å²) in [5.74, 6) is 0. The number of rotatable bonds is 4. The zero-order chi connectivity index (χ0) is 14.8. The molecule has 0 spiro atoms. The third-order valence-corrected chi connectivity index (χ3v) is 4.42. The molecule has 0 saturated carbocycles. The third-order valence-electron chi connectivity index (χ3n) is 4.42. The second-order valence-electron chi connectivity index (χ2n) is 6.39. The molecule has 0 saturated heterocycles. The van der Waals surface area contributed by atoms with Gasteiger partial charge in [-0.3, -0.25) is 0 Å². The molecule has 22 heavy (non-hydrogen) atoms. The highest BCUT2D eigenvalue weighted by Crippen LogP contribution is 2.29. The molecule has 1 heterocycles. The fraction of sp³-hybridized carbons (Fsp3) is 0.444. The van der Waals surface area contributed by atoms with Gasteiger partial charge in [0, 0.05) is 29.7 Å². The lowest BCUT2D eigenvalue weighted by Gasteiger charge is -2.18. The molecule has 1 aromatic carbocycles. The number of aromatic nitrogens is 1. The molecule has 0 aliphatic heterocycles. The van der Waals surface area contributed by atoms with Gasteiger partial charge in [-0.2, -0.15) is 0 Å². The number of benzene rings is 1. The average Bonchev–Trinajstić information content (AvgIpc) is 2.88. The van der Waals surface area contributed by atoms with E-state index in [1.54, 1.807) is 0 Å². The Hall–Kier alpha value is -1.29. The van der Waals surface area contributed by atoms with Crippen LogP contribution in [0.1, 0.15) is 30.4 Å². The van der Waals surface area contributed by atoms with Crippen LogP contribution in [0.3, 0.4) is 0 Å². The fourth-order valence-corrected chi connectivity index (χ4v) is 3.05. The number of nitrogens with one attached hydrogen (secondary N) is 1. The quantitative estimate of drug-likeness (QED) is 0.904. The Balaban J connectivity index is 0.00000176. The van der Waals surface area contributed by atoms with E-state index in [2.05, 4.69) is 54.5 Å². The molecule has 1 aromatic heterocycles. The zero-order valence-corrected chi connectivity index (χ0v) is 14.2. The molecule has 2 aromatic rings. The number of hydrogen-bond donors (Lipinski definition) is 2. The Morgan fingerprint density at radius 1 is 1.32 bits per heavy atom. The predicted molar refractivity (Wildman–Crippen MR) is 97.6 cm³/mol. The van der Waals surface area contributed by atoms with Crippen molar-refractivity contribution in [3.8, 4) is 0 Å². The van der Waals surface area contributed by atoms with Crippen LogP contribution in [-0.2, 0) is 6.42 Å². The summed E-state index contributed by atoms with van der Waals surface area (Å²) in [6, 6.07) is 7.14. The standard InChI is InChI=1S/C18H25N3.ClH/c1-21(2)10-9-15-12-20-18-8-5-14(11-17(15)18)13-3-6-16(19)7-4-13;/h3,5,8,11-12,16,20H,4,6-7,9-10,19H2,1-2H3;1H. The van der Waals surface area contributed by atoms with Crippen LogP contribution in [0.4, 0.5) is 0 Å². The van der Waals surface area contributed by atoms with E-state index in [0.717, 1.165) is 32.2 Å². The number of allylic oxidation sites excluding steroid dienone is 1. The Labute approximate surface area is 139 Å². The minimum absolute atomic E-state index is 0. The molecule has 3 rings (SSSR count). The minimum atomic E-state index is 0. The smallest absolute Gasteiger partial charge is 0.0457 e. The van der Waals surface area contributed by atoms with Crippen LogP contribution < -0.4 is 5.73 Å². The second kappa shape index (κ2) is 7.32. The fourth-order valence-electron chi connectivity index (χ4n) is 3.05. The van der Waals surface area contributed by atoms with Gasteiger partial charge in [0.05, 0.1) is 0 Å². The highest BCUT2D eigenvalue weighted by atomic mass is 35.5. The Morgan fingerprint density at radius 2 is 2.14 bits per heavy atom. The summed E-state index contributed by atoms with van der Waals surface area (Å²) in [5.41, 5.74) is 11.5. The van der Waals surface area contributed by atoms with Crippen molar-refractivity contribution < 1.29 is 0 Å². The average molecular weight is 320 g/mol. The highest BCUT2D eigenvalue weighted by molar-refractivity contribution is 5.87. The topological polar surface area (TPSA) is 45.0 Å². The molecular weight excluding hydrogens is 294 g/mol. The van der Waals surface area contributed by atoms with Crippen molar-refractivity contribution in [2.45, 2.75) is 31.7 Å². The number of nitrogens with zero attached hydrogens (tertiary/aromatic N) is 1. The summed E-state index contributed by atoms with van der Waals surface area (Å²) >= 11 is 0. The van der Waals surface area contributed by atoms with Crippen molar-refractivity contribution in [3.63, 3.8) is 0 Å². The molecule has 0 amide bonds. The van der Waals surface area contributed by atoms with Gasteiger partial charge < -0.3 is 15.6 Å². The maximum Gasteiger partial charge on any atom is 0.0457 e. The van der Waals surface area contributed by atoms with E-state index in [9.17, 15) is 0 Å². The van der Waals surface area contributed by atoms with Crippen LogP contribution in [0.25, 0.3) is 16.5 Å². The molecule has 0 bridgehead atoms. The maximum atomic E-state index is 5.99. The number of likely N-dealkylation sites (N-methyl/N-ethyl adjacent to an activating group) is 1. The van der Waals surface area contributed by atoms with Gasteiger partial charge in [-0.1, -0.05) is 12.1 Å². The van der Waals surface area contributed by atoms with Crippen molar-refractivity contribution in [2.24, 2.45) is 5.73 Å². The molecule has 0 radical (unpaired) electrons. The largest absolute Gasteiger partial charge is 0.361 e. The van der Waals surface area contributed by atoms with Crippen LogP contribution in [0.2, 0.25) is 0 Å². The molecule has 1 unspecified atom stereocenters. The maximum absolute atomic E-state index is 5.99. The normalized spacial score (nSPS) is 18.4. The number of fused-ring (bicyclic) bond motifs is 1. The van der Waals surface area contributed by atoms with Gasteiger partial charge in [0.2, 0.25) is 0 Å². The van der Waals surface area contributed by atoms with Crippen LogP contribution in [0, 0.1) is 0 Å². The van der Waals surface area contributed by atoms with Crippen molar-refractivity contribution in [1.82, 2.24) is 9.88 Å². The Bertz CT molecular complexity index is 657. The number of nitrogens with two attached hydrogens (primary N) is 1. The lowest BCUT2D eigenvalue weighted by Crippen LogP contribution is -2.21. The first-order valence-electron chi connectivity index (χ1n) is 7.83. The molecule has 0 fully saturated rings. The van der Waals surface area contributed by atoms with Gasteiger partial charge in [-0.15, -0.1) is 12.4 Å². The van der Waals surface area contributed by atoms with E-state index in [1.807, 2.05) is 0 Å². The molecule has 1 aliphatic rings. The SMILES string of the molecule is CN(C)CCc1c[nH]c2ccc(C3=CCC(N)CC3)cc12.Cl. The van der Waals surface area contributed by atoms with E-state index < -0.39 is 0 Å². The van der Waals surface area contributed by atoms with E-state index in [1.165, 1.54) is 27.6 Å². The number of halogens is 1. The van der Waals surface area contributed by atoms with Crippen molar-refractivity contribution in [3.05, 3.63) is 41.6 Å². The van der Waals surface area contributed by atoms with E-state index in [4.69, 9.17) is 5.73 Å². The second-order valence-corrected chi connectivity index (χ2v) is 6.39. The number of hydrogen-bond acceptors (Lipinski definition) is 2. The molecule has 1 aliphatic carbocycles. The summed E-state index contributed by atoms with van der Waals surface area (Å²) in [7, 11) is 4.24. The molecule has 3 nitrogen and oxygen atoms in total. The molecule has 4 heteroatoms. The Kier molecular flexibility index (Phi) is 5.68. The van der Waals surface area contributed by atoms with Gasteiger partial charge >= 0.3 is 0 Å². The summed E-state index contributed by atoms with van der Waals surface area (Å²) in [6.07, 6.45) is 8.77. The minimum Gasteiger partial charge on any atom is -0.361 e. The van der Waals surface area contributed by atoms with Crippen LogP contribution in [-0.4, -0.2) is 36.6 Å². The lowest BCUT2D eigenvalue weighted by atomic mass is 9.90. The summed E-state index contributed by atoms with van der Waals surface area (Å²) in [5, 5.41) is 1.37. The Morgan fingerprint density at radius 3 is 2.82 bits per heavy atom. The van der Waals surface area contributed by atoms with Gasteiger partial charge in [-0.05, 0) is 68.6 Å². The molecule has 3 N–H and O–H groups in total. The predicted octanol–water partition coefficient (Wildman–Crippen LogP) is 3.59. The van der Waals surface area contributed by atoms with Gasteiger partial charge in [0.25, 0.3) is 0 Å². The van der Waals surface area contributed by atoms with Crippen LogP contribution in [0.5, 0.6) is 0 Å².